The van der Waals surface area contributed by atoms with Crippen molar-refractivity contribution in [1.82, 2.24) is 5.32 Å². The van der Waals surface area contributed by atoms with Crippen LogP contribution in [-0.2, 0) is 38.1 Å². The topological polar surface area (TPSA) is 147 Å². The molecule has 2 saturated carbocycles. The molecule has 7 rings (SSSR count). The molecule has 51 heavy (non-hydrogen) atoms. The van der Waals surface area contributed by atoms with E-state index in [2.05, 4.69) is 17.4 Å². The standard InChI is InChI=1S/C40H43NO10/c1-22(41-38(46)49-21-30-28-11-7-5-9-26(28)27-10-6-8-12-29(27)30)36(44)48-20-25-17-32(50-23(2)42)34(43)35-39(25,3)15-13-31-37(45)51-33(18-40(31,35)4)24-14-16-47-19-24/h5-12,14,16,19,22,25,30-33,35H,13,15,17-18,20-21H2,1-4H3,(H,41,46)/t22?,25-,31-,32-,33-,35-,39-,40-/m0/s1. The van der Waals surface area contributed by atoms with Gasteiger partial charge >= 0.3 is 24.0 Å². The molecule has 1 aromatic heterocycles. The number of ether oxygens (including phenoxy) is 4. The molecule has 2 heterocycles. The molecule has 1 saturated heterocycles. The second-order valence-electron chi connectivity index (χ2n) is 15.0. The number of carbonyl (C=O) groups excluding carboxylic acids is 5. The molecule has 11 heteroatoms. The number of hydrogen-bond donors (Lipinski definition) is 1. The number of ketones is 1. The zero-order valence-corrected chi connectivity index (χ0v) is 29.2. The number of nitrogens with one attached hydrogen (secondary N) is 1. The number of benzene rings is 2. The lowest BCUT2D eigenvalue weighted by molar-refractivity contribution is -0.210. The lowest BCUT2D eigenvalue weighted by Crippen LogP contribution is -2.64. The van der Waals surface area contributed by atoms with Crippen LogP contribution in [0, 0.1) is 28.6 Å². The molecule has 1 amide bonds. The van der Waals surface area contributed by atoms with Crippen molar-refractivity contribution >= 4 is 29.8 Å². The molecule has 8 atom stereocenters. The molecular formula is C40H43NO10. The van der Waals surface area contributed by atoms with Crippen LogP contribution in [-0.4, -0.2) is 55.1 Å². The third kappa shape index (κ3) is 6.10. The van der Waals surface area contributed by atoms with Crippen molar-refractivity contribution in [2.75, 3.05) is 13.2 Å². The number of amides is 1. The fourth-order valence-electron chi connectivity index (χ4n) is 9.51. The molecule has 4 aliphatic rings. The van der Waals surface area contributed by atoms with Gasteiger partial charge in [0.25, 0.3) is 0 Å². The van der Waals surface area contributed by atoms with E-state index in [1.54, 1.807) is 6.07 Å². The van der Waals surface area contributed by atoms with Crippen LogP contribution in [0.4, 0.5) is 4.79 Å². The number of hydrogen-bond acceptors (Lipinski definition) is 10. The Morgan fingerprint density at radius 2 is 1.63 bits per heavy atom. The van der Waals surface area contributed by atoms with Gasteiger partial charge in [-0.1, -0.05) is 62.4 Å². The van der Waals surface area contributed by atoms with E-state index in [1.165, 1.54) is 26.4 Å². The van der Waals surface area contributed by atoms with Crippen molar-refractivity contribution in [3.63, 3.8) is 0 Å². The number of furan rings is 1. The normalized spacial score (nSPS) is 30.1. The third-order valence-corrected chi connectivity index (χ3v) is 12.0. The molecular weight excluding hydrogens is 654 g/mol. The first-order valence-electron chi connectivity index (χ1n) is 17.6. The monoisotopic (exact) mass is 697 g/mol. The molecule has 0 radical (unpaired) electrons. The van der Waals surface area contributed by atoms with Gasteiger partial charge < -0.3 is 28.7 Å². The molecule has 3 aromatic rings. The van der Waals surface area contributed by atoms with Gasteiger partial charge in [-0.3, -0.25) is 14.4 Å². The van der Waals surface area contributed by atoms with Crippen molar-refractivity contribution in [1.29, 1.82) is 0 Å². The Balaban J connectivity index is 1.03. The molecule has 1 unspecified atom stereocenters. The second kappa shape index (κ2) is 13.3. The van der Waals surface area contributed by atoms with Crippen LogP contribution in [0.5, 0.6) is 0 Å². The predicted molar refractivity (Wildman–Crippen MR) is 182 cm³/mol. The summed E-state index contributed by atoms with van der Waals surface area (Å²) in [5.41, 5.74) is 3.59. The van der Waals surface area contributed by atoms with E-state index < -0.39 is 58.9 Å². The summed E-state index contributed by atoms with van der Waals surface area (Å²) in [6, 6.07) is 16.8. The summed E-state index contributed by atoms with van der Waals surface area (Å²) in [6.45, 7) is 6.77. The van der Waals surface area contributed by atoms with Crippen LogP contribution in [0.15, 0.2) is 71.5 Å². The fraction of sp³-hybridized carbons (Fsp3) is 0.475. The van der Waals surface area contributed by atoms with Gasteiger partial charge in [-0.05, 0) is 71.8 Å². The highest BCUT2D eigenvalue weighted by Gasteiger charge is 2.66. The lowest BCUT2D eigenvalue weighted by Gasteiger charge is -2.61. The maximum atomic E-state index is 14.2. The Morgan fingerprint density at radius 1 is 0.941 bits per heavy atom. The molecule has 3 fully saturated rings. The van der Waals surface area contributed by atoms with Gasteiger partial charge in [0.15, 0.2) is 11.9 Å². The molecule has 1 aliphatic heterocycles. The Labute approximate surface area is 296 Å². The van der Waals surface area contributed by atoms with Crippen LogP contribution in [0.2, 0.25) is 0 Å². The van der Waals surface area contributed by atoms with Gasteiger partial charge in [0.05, 0.1) is 25.1 Å². The summed E-state index contributed by atoms with van der Waals surface area (Å²) in [5, 5.41) is 2.60. The van der Waals surface area contributed by atoms with E-state index in [4.69, 9.17) is 23.4 Å². The Hall–Kier alpha value is -4.93. The Kier molecular flexibility index (Phi) is 9.01. The fourth-order valence-corrected chi connectivity index (χ4v) is 9.51. The molecule has 1 N–H and O–H groups in total. The first kappa shape index (κ1) is 34.5. The lowest BCUT2D eigenvalue weighted by atomic mass is 9.43. The van der Waals surface area contributed by atoms with Crippen LogP contribution < -0.4 is 5.32 Å². The van der Waals surface area contributed by atoms with Crippen molar-refractivity contribution in [3.05, 3.63) is 83.8 Å². The number of Topliss-reactive ketones (excluding diaryl/α,β-unsaturated/α-hetero) is 1. The van der Waals surface area contributed by atoms with E-state index in [-0.39, 0.29) is 43.2 Å². The highest BCUT2D eigenvalue weighted by molar-refractivity contribution is 5.91. The SMILES string of the molecule is CC(=O)O[C@H]1C[C@@H](COC(=O)C(C)NC(=O)OCC2c3ccccc3-c3ccccc32)[C@]2(C)CC[C@H]3C(=O)O[C@H](c4ccoc4)C[C@]3(C)[C@H]2C1=O. The Bertz CT molecular complexity index is 1810. The largest absolute Gasteiger partial charge is 0.472 e. The van der Waals surface area contributed by atoms with Crippen molar-refractivity contribution in [2.45, 2.75) is 77.5 Å². The van der Waals surface area contributed by atoms with Crippen LogP contribution in [0.3, 0.4) is 0 Å². The third-order valence-electron chi connectivity index (χ3n) is 12.0. The van der Waals surface area contributed by atoms with Gasteiger partial charge in [-0.15, -0.1) is 0 Å². The minimum absolute atomic E-state index is 0.0655. The van der Waals surface area contributed by atoms with E-state index >= 15 is 0 Å². The van der Waals surface area contributed by atoms with Crippen LogP contribution >= 0.6 is 0 Å². The van der Waals surface area contributed by atoms with E-state index in [9.17, 15) is 24.0 Å². The van der Waals surface area contributed by atoms with Crippen molar-refractivity contribution in [2.24, 2.45) is 28.6 Å². The Morgan fingerprint density at radius 3 is 2.27 bits per heavy atom. The summed E-state index contributed by atoms with van der Waals surface area (Å²) in [7, 11) is 0. The molecule has 268 valence electrons. The van der Waals surface area contributed by atoms with Gasteiger partial charge in [-0.2, -0.15) is 0 Å². The number of rotatable bonds is 8. The number of carbonyl (C=O) groups is 5. The summed E-state index contributed by atoms with van der Waals surface area (Å²) in [4.78, 5) is 66.0. The molecule has 11 nitrogen and oxygen atoms in total. The minimum atomic E-state index is -1.05. The number of fused-ring (bicyclic) bond motifs is 6. The second-order valence-corrected chi connectivity index (χ2v) is 15.0. The first-order valence-corrected chi connectivity index (χ1v) is 17.6. The minimum Gasteiger partial charge on any atom is -0.472 e. The number of alkyl carbamates (subject to hydrolysis) is 1. The zero-order valence-electron chi connectivity index (χ0n) is 29.2. The van der Waals surface area contributed by atoms with Gasteiger partial charge in [0.1, 0.15) is 18.8 Å². The maximum Gasteiger partial charge on any atom is 0.407 e. The van der Waals surface area contributed by atoms with E-state index in [1.807, 2.05) is 50.2 Å². The summed E-state index contributed by atoms with van der Waals surface area (Å²) in [6.07, 6.45) is 2.22. The molecule has 0 bridgehead atoms. The highest BCUT2D eigenvalue weighted by Crippen LogP contribution is 2.65. The van der Waals surface area contributed by atoms with Crippen LogP contribution in [0.25, 0.3) is 11.1 Å². The number of cyclic esters (lactones) is 1. The quantitative estimate of drug-likeness (QED) is 0.210. The average molecular weight is 698 g/mol. The number of esters is 3. The summed E-state index contributed by atoms with van der Waals surface area (Å²) >= 11 is 0. The highest BCUT2D eigenvalue weighted by atomic mass is 16.6. The molecule has 2 aromatic carbocycles. The van der Waals surface area contributed by atoms with Gasteiger partial charge in [0, 0.05) is 30.2 Å². The molecule has 0 spiro atoms. The summed E-state index contributed by atoms with van der Waals surface area (Å²) in [5.74, 6) is -3.55. The van der Waals surface area contributed by atoms with Crippen molar-refractivity contribution < 1.29 is 47.3 Å². The van der Waals surface area contributed by atoms with Gasteiger partial charge in [0.2, 0.25) is 0 Å². The first-order chi connectivity index (χ1) is 24.4. The van der Waals surface area contributed by atoms with Crippen molar-refractivity contribution in [3.8, 4) is 11.1 Å². The molecule has 3 aliphatic carbocycles. The van der Waals surface area contributed by atoms with E-state index in [0.717, 1.165) is 22.3 Å². The van der Waals surface area contributed by atoms with E-state index in [0.29, 0.717) is 24.8 Å². The zero-order chi connectivity index (χ0) is 36.1. The van der Waals surface area contributed by atoms with Gasteiger partial charge in [-0.25, -0.2) is 9.59 Å². The maximum absolute atomic E-state index is 14.2. The summed E-state index contributed by atoms with van der Waals surface area (Å²) < 4.78 is 28.1. The average Bonchev–Trinajstić information content (AvgIpc) is 3.74. The predicted octanol–water partition coefficient (Wildman–Crippen LogP) is 6.30. The smallest absolute Gasteiger partial charge is 0.407 e. The van der Waals surface area contributed by atoms with Crippen LogP contribution in [0.1, 0.15) is 82.1 Å².